The standard InChI is InChI=1S/C24H24ClN5O2S/c25-21-12-16(18-14-28-24-17(18)8-5-11-27-24)13-22(30-21)29-19-9-4-10-20(33(26,31)32)23(19)15-6-2-1-3-7-15/h4-5,8-15H,1-3,6-7H2,(H,27,28)(H,29,30)(H2,26,31,32). The number of nitrogens with zero attached hydrogens (tertiary/aromatic N) is 2. The van der Waals surface area contributed by atoms with Crippen LogP contribution in [0.3, 0.4) is 0 Å². The van der Waals surface area contributed by atoms with Crippen molar-refractivity contribution in [3.05, 3.63) is 65.6 Å². The minimum absolute atomic E-state index is 0.120. The van der Waals surface area contributed by atoms with Crippen LogP contribution in [-0.4, -0.2) is 23.4 Å². The molecule has 5 rings (SSSR count). The van der Waals surface area contributed by atoms with Crippen LogP contribution in [0.2, 0.25) is 5.15 Å². The van der Waals surface area contributed by atoms with Crippen LogP contribution in [-0.2, 0) is 10.0 Å². The Bertz CT molecular complexity index is 1430. The average Bonchev–Trinajstić information content (AvgIpc) is 3.23. The lowest BCUT2D eigenvalue weighted by Gasteiger charge is -2.26. The minimum Gasteiger partial charge on any atom is -0.346 e. The molecule has 0 radical (unpaired) electrons. The van der Waals surface area contributed by atoms with E-state index in [9.17, 15) is 8.42 Å². The summed E-state index contributed by atoms with van der Waals surface area (Å²) in [5.41, 5.74) is 4.04. The summed E-state index contributed by atoms with van der Waals surface area (Å²) >= 11 is 6.38. The first-order valence-electron chi connectivity index (χ1n) is 10.9. The predicted molar refractivity (Wildman–Crippen MR) is 131 cm³/mol. The molecule has 3 aromatic heterocycles. The molecule has 0 atom stereocenters. The molecule has 0 saturated heterocycles. The van der Waals surface area contributed by atoms with Crippen molar-refractivity contribution in [2.75, 3.05) is 5.32 Å². The third-order valence-corrected chi connectivity index (χ3v) is 7.37. The van der Waals surface area contributed by atoms with Crippen LogP contribution in [0, 0.1) is 0 Å². The van der Waals surface area contributed by atoms with Gasteiger partial charge in [0.25, 0.3) is 0 Å². The van der Waals surface area contributed by atoms with E-state index in [0.29, 0.717) is 16.7 Å². The first kappa shape index (κ1) is 21.9. The second-order valence-electron chi connectivity index (χ2n) is 8.39. The summed E-state index contributed by atoms with van der Waals surface area (Å²) in [6, 6.07) is 12.7. The van der Waals surface area contributed by atoms with E-state index in [-0.39, 0.29) is 10.8 Å². The Hall–Kier alpha value is -2.94. The summed E-state index contributed by atoms with van der Waals surface area (Å²) in [6.45, 7) is 0. The molecule has 0 spiro atoms. The maximum atomic E-state index is 12.4. The number of nitrogens with one attached hydrogen (secondary N) is 2. The van der Waals surface area contributed by atoms with Crippen molar-refractivity contribution in [1.29, 1.82) is 0 Å². The second kappa shape index (κ2) is 8.78. The summed E-state index contributed by atoms with van der Waals surface area (Å²) in [4.78, 5) is 12.1. The van der Waals surface area contributed by atoms with Gasteiger partial charge in [0.2, 0.25) is 10.0 Å². The van der Waals surface area contributed by atoms with Gasteiger partial charge in [-0.05, 0) is 66.3 Å². The molecule has 0 aliphatic heterocycles. The van der Waals surface area contributed by atoms with Gasteiger partial charge in [-0.1, -0.05) is 36.9 Å². The number of H-pyrrole nitrogens is 1. The largest absolute Gasteiger partial charge is 0.346 e. The number of aromatic nitrogens is 3. The van der Waals surface area contributed by atoms with Crippen LogP contribution in [0.1, 0.15) is 43.6 Å². The minimum atomic E-state index is -3.87. The zero-order valence-electron chi connectivity index (χ0n) is 17.9. The highest BCUT2D eigenvalue weighted by Gasteiger charge is 2.26. The highest BCUT2D eigenvalue weighted by molar-refractivity contribution is 7.89. The van der Waals surface area contributed by atoms with Crippen LogP contribution in [0.5, 0.6) is 0 Å². The average molecular weight is 482 g/mol. The number of nitrogens with two attached hydrogens (primary N) is 1. The number of hydrogen-bond donors (Lipinski definition) is 3. The molecule has 1 aliphatic rings. The Morgan fingerprint density at radius 3 is 2.70 bits per heavy atom. The summed E-state index contributed by atoms with van der Waals surface area (Å²) in [5, 5.41) is 10.2. The Labute approximate surface area is 197 Å². The number of halogens is 1. The van der Waals surface area contributed by atoms with Crippen LogP contribution in [0.25, 0.3) is 22.2 Å². The van der Waals surface area contributed by atoms with Gasteiger partial charge in [-0.25, -0.2) is 23.5 Å². The smallest absolute Gasteiger partial charge is 0.238 e. The Morgan fingerprint density at radius 2 is 1.91 bits per heavy atom. The molecular formula is C24H24ClN5O2S. The van der Waals surface area contributed by atoms with E-state index >= 15 is 0 Å². The Balaban J connectivity index is 1.59. The molecule has 33 heavy (non-hydrogen) atoms. The Kier molecular flexibility index (Phi) is 5.82. The first-order valence-corrected chi connectivity index (χ1v) is 12.9. The zero-order valence-corrected chi connectivity index (χ0v) is 19.5. The number of hydrogen-bond acceptors (Lipinski definition) is 5. The molecule has 1 aromatic carbocycles. The first-order chi connectivity index (χ1) is 15.9. The predicted octanol–water partition coefficient (Wildman–Crippen LogP) is 5.72. The number of sulfonamides is 1. The monoisotopic (exact) mass is 481 g/mol. The Morgan fingerprint density at radius 1 is 1.09 bits per heavy atom. The number of benzene rings is 1. The molecule has 4 N–H and O–H groups in total. The molecule has 9 heteroatoms. The topological polar surface area (TPSA) is 114 Å². The summed E-state index contributed by atoms with van der Waals surface area (Å²) < 4.78 is 24.8. The van der Waals surface area contributed by atoms with E-state index < -0.39 is 10.0 Å². The summed E-state index contributed by atoms with van der Waals surface area (Å²) in [7, 11) is -3.87. The normalized spacial score (nSPS) is 15.1. The van der Waals surface area contributed by atoms with E-state index in [4.69, 9.17) is 16.7 Å². The lowest BCUT2D eigenvalue weighted by molar-refractivity contribution is 0.439. The molecule has 7 nitrogen and oxygen atoms in total. The van der Waals surface area contributed by atoms with Gasteiger partial charge < -0.3 is 10.3 Å². The molecule has 170 valence electrons. The molecule has 1 saturated carbocycles. The molecule has 3 heterocycles. The third-order valence-electron chi connectivity index (χ3n) is 6.21. The number of fused-ring (bicyclic) bond motifs is 1. The van der Waals surface area contributed by atoms with Crippen molar-refractivity contribution in [2.24, 2.45) is 5.14 Å². The van der Waals surface area contributed by atoms with E-state index in [1.165, 1.54) is 0 Å². The van der Waals surface area contributed by atoms with Crippen molar-refractivity contribution in [3.63, 3.8) is 0 Å². The molecule has 0 bridgehead atoms. The molecular weight excluding hydrogens is 458 g/mol. The SMILES string of the molecule is NS(=O)(=O)c1cccc(Nc2cc(-c3c[nH]c4ncccc34)cc(Cl)n2)c1C1CCCCC1. The number of aromatic amines is 1. The van der Waals surface area contributed by atoms with Gasteiger partial charge in [0, 0.05) is 29.0 Å². The van der Waals surface area contributed by atoms with Crippen LogP contribution >= 0.6 is 11.6 Å². The van der Waals surface area contributed by atoms with E-state index in [0.717, 1.165) is 59.8 Å². The van der Waals surface area contributed by atoms with Crippen LogP contribution in [0.4, 0.5) is 11.5 Å². The highest BCUT2D eigenvalue weighted by Crippen LogP contribution is 2.41. The molecule has 1 aliphatic carbocycles. The molecule has 0 amide bonds. The lowest BCUT2D eigenvalue weighted by atomic mass is 9.83. The fourth-order valence-electron chi connectivity index (χ4n) is 4.76. The number of anilines is 2. The summed E-state index contributed by atoms with van der Waals surface area (Å²) in [6.07, 6.45) is 8.78. The molecule has 1 fully saturated rings. The summed E-state index contributed by atoms with van der Waals surface area (Å²) in [5.74, 6) is 0.647. The number of primary sulfonamides is 1. The highest BCUT2D eigenvalue weighted by atomic mass is 35.5. The van der Waals surface area contributed by atoms with E-state index in [2.05, 4.69) is 20.3 Å². The maximum absolute atomic E-state index is 12.4. The second-order valence-corrected chi connectivity index (χ2v) is 10.3. The van der Waals surface area contributed by atoms with Gasteiger partial charge in [-0.3, -0.25) is 0 Å². The fourth-order valence-corrected chi connectivity index (χ4v) is 5.82. The van der Waals surface area contributed by atoms with Crippen molar-refractivity contribution >= 4 is 44.2 Å². The van der Waals surface area contributed by atoms with Crippen molar-refractivity contribution in [3.8, 4) is 11.1 Å². The van der Waals surface area contributed by atoms with Gasteiger partial charge >= 0.3 is 0 Å². The number of pyridine rings is 2. The number of rotatable bonds is 5. The van der Waals surface area contributed by atoms with Gasteiger partial charge in [-0.15, -0.1) is 0 Å². The fraction of sp³-hybridized carbons (Fsp3) is 0.250. The van der Waals surface area contributed by atoms with E-state index in [1.807, 2.05) is 30.5 Å². The van der Waals surface area contributed by atoms with Gasteiger partial charge in [0.15, 0.2) is 0 Å². The molecule has 0 unspecified atom stereocenters. The van der Waals surface area contributed by atoms with Crippen molar-refractivity contribution in [2.45, 2.75) is 42.9 Å². The van der Waals surface area contributed by atoms with Crippen LogP contribution < -0.4 is 10.5 Å². The molecule has 4 aromatic rings. The van der Waals surface area contributed by atoms with E-state index in [1.54, 1.807) is 24.4 Å². The van der Waals surface area contributed by atoms with Gasteiger partial charge in [0.05, 0.1) is 4.90 Å². The zero-order chi connectivity index (χ0) is 23.0. The van der Waals surface area contributed by atoms with Gasteiger partial charge in [-0.2, -0.15) is 0 Å². The van der Waals surface area contributed by atoms with Crippen molar-refractivity contribution < 1.29 is 8.42 Å². The third kappa shape index (κ3) is 4.46. The quantitative estimate of drug-likeness (QED) is 0.315. The van der Waals surface area contributed by atoms with Crippen LogP contribution in [0.15, 0.2) is 59.8 Å². The maximum Gasteiger partial charge on any atom is 0.238 e. The van der Waals surface area contributed by atoms with Crippen molar-refractivity contribution in [1.82, 2.24) is 15.0 Å². The van der Waals surface area contributed by atoms with Gasteiger partial charge in [0.1, 0.15) is 16.6 Å². The lowest BCUT2D eigenvalue weighted by Crippen LogP contribution is -2.18.